The van der Waals surface area contributed by atoms with Gasteiger partial charge in [-0.25, -0.2) is 4.79 Å². The highest BCUT2D eigenvalue weighted by molar-refractivity contribution is 6.30. The molecule has 0 bridgehead atoms. The van der Waals surface area contributed by atoms with Crippen molar-refractivity contribution in [3.63, 3.8) is 0 Å². The van der Waals surface area contributed by atoms with Crippen molar-refractivity contribution in [3.05, 3.63) is 94.5 Å². The van der Waals surface area contributed by atoms with E-state index in [0.29, 0.717) is 22.8 Å². The Labute approximate surface area is 196 Å². The van der Waals surface area contributed by atoms with Crippen LogP contribution in [0.2, 0.25) is 5.02 Å². The van der Waals surface area contributed by atoms with Gasteiger partial charge in [0.25, 0.3) is 5.91 Å². The first-order valence-corrected chi connectivity index (χ1v) is 10.7. The first-order chi connectivity index (χ1) is 15.9. The Kier molecular flexibility index (Phi) is 8.43. The van der Waals surface area contributed by atoms with Crippen LogP contribution in [0.4, 0.5) is 10.5 Å². The molecule has 0 saturated carbocycles. The van der Waals surface area contributed by atoms with Crippen LogP contribution in [0.15, 0.2) is 72.8 Å². The zero-order chi connectivity index (χ0) is 23.6. The van der Waals surface area contributed by atoms with Gasteiger partial charge in [-0.3, -0.25) is 9.59 Å². The van der Waals surface area contributed by atoms with Crippen molar-refractivity contribution in [1.29, 1.82) is 0 Å². The summed E-state index contributed by atoms with van der Waals surface area (Å²) < 4.78 is 9.68. The highest BCUT2D eigenvalue weighted by Gasteiger charge is 2.09. The van der Waals surface area contributed by atoms with Crippen LogP contribution < -0.4 is 15.4 Å². The van der Waals surface area contributed by atoms with Crippen molar-refractivity contribution in [3.8, 4) is 5.75 Å². The van der Waals surface area contributed by atoms with Crippen molar-refractivity contribution in [1.82, 2.24) is 5.32 Å². The van der Waals surface area contributed by atoms with Crippen molar-refractivity contribution in [2.45, 2.75) is 19.9 Å². The lowest BCUT2D eigenvalue weighted by Gasteiger charge is -2.09. The van der Waals surface area contributed by atoms with E-state index in [0.717, 1.165) is 11.1 Å². The number of carbonyl (C=O) groups is 3. The monoisotopic (exact) mass is 466 g/mol. The zero-order valence-corrected chi connectivity index (χ0v) is 18.7. The number of ether oxygens (including phenoxy) is 2. The van der Waals surface area contributed by atoms with Crippen molar-refractivity contribution in [2.75, 3.05) is 11.9 Å². The summed E-state index contributed by atoms with van der Waals surface area (Å²) in [6.07, 6.45) is -0.523. The maximum Gasteiger partial charge on any atom is 0.513 e. The van der Waals surface area contributed by atoms with Gasteiger partial charge in [-0.2, -0.15) is 0 Å². The molecule has 0 saturated heterocycles. The summed E-state index contributed by atoms with van der Waals surface area (Å²) in [6, 6.07) is 20.5. The highest BCUT2D eigenvalue weighted by atomic mass is 35.5. The number of anilines is 1. The van der Waals surface area contributed by atoms with Crippen molar-refractivity contribution >= 4 is 35.3 Å². The van der Waals surface area contributed by atoms with Gasteiger partial charge in [0.05, 0.1) is 13.0 Å². The molecule has 0 aromatic heterocycles. The van der Waals surface area contributed by atoms with E-state index in [2.05, 4.69) is 10.6 Å². The smallest absolute Gasteiger partial charge is 0.434 e. The molecule has 8 heteroatoms. The minimum absolute atomic E-state index is 0.0925. The lowest BCUT2D eigenvalue weighted by atomic mass is 10.1. The average molecular weight is 467 g/mol. The Balaban J connectivity index is 1.47. The predicted octanol–water partition coefficient (Wildman–Crippen LogP) is 4.99. The second-order valence-electron chi connectivity index (χ2n) is 7.04. The van der Waals surface area contributed by atoms with Gasteiger partial charge in [0.15, 0.2) is 0 Å². The minimum atomic E-state index is -0.795. The number of rotatable bonds is 8. The number of amides is 2. The molecule has 3 aromatic carbocycles. The molecule has 3 rings (SSSR count). The molecule has 0 radical (unpaired) electrons. The molecular weight excluding hydrogens is 444 g/mol. The van der Waals surface area contributed by atoms with Crippen LogP contribution in [0.25, 0.3) is 0 Å². The van der Waals surface area contributed by atoms with Gasteiger partial charge in [-0.05, 0) is 66.6 Å². The van der Waals surface area contributed by atoms with Gasteiger partial charge in [0.1, 0.15) is 5.75 Å². The number of benzene rings is 3. The number of hydrogen-bond acceptors (Lipinski definition) is 5. The van der Waals surface area contributed by atoms with Crippen LogP contribution in [0.3, 0.4) is 0 Å². The molecule has 3 aromatic rings. The first-order valence-electron chi connectivity index (χ1n) is 10.3. The SMILES string of the molecule is CCOC(=O)Oc1ccc(C(=O)Nc2ccc(CNC(=O)Cc3ccc(Cl)cc3)cc2)cc1. The van der Waals surface area contributed by atoms with Crippen LogP contribution in [0.5, 0.6) is 5.75 Å². The third-order valence-corrected chi connectivity index (χ3v) is 4.81. The van der Waals surface area contributed by atoms with Crippen LogP contribution >= 0.6 is 11.6 Å². The minimum Gasteiger partial charge on any atom is -0.434 e. The predicted molar refractivity (Wildman–Crippen MR) is 125 cm³/mol. The van der Waals surface area contributed by atoms with Crippen molar-refractivity contribution in [2.24, 2.45) is 0 Å². The van der Waals surface area contributed by atoms with E-state index in [9.17, 15) is 14.4 Å². The standard InChI is InChI=1S/C25H23ClN2O5/c1-2-32-25(31)33-22-13-7-19(8-14-22)24(30)28-21-11-5-18(6-12-21)16-27-23(29)15-17-3-9-20(26)10-4-17/h3-14H,2,15-16H2,1H3,(H,27,29)(H,28,30). The van der Waals surface area contributed by atoms with Crippen LogP contribution in [-0.4, -0.2) is 24.6 Å². The largest absolute Gasteiger partial charge is 0.513 e. The second kappa shape index (κ2) is 11.7. The van der Waals surface area contributed by atoms with Gasteiger partial charge in [0.2, 0.25) is 5.91 Å². The Hall–Kier alpha value is -3.84. The van der Waals surface area contributed by atoms with Crippen LogP contribution in [0, 0.1) is 0 Å². The zero-order valence-electron chi connectivity index (χ0n) is 18.0. The first kappa shape index (κ1) is 23.8. The highest BCUT2D eigenvalue weighted by Crippen LogP contribution is 2.16. The molecule has 0 aliphatic rings. The quantitative estimate of drug-likeness (QED) is 0.360. The van der Waals surface area contributed by atoms with E-state index >= 15 is 0 Å². The van der Waals surface area contributed by atoms with Gasteiger partial charge >= 0.3 is 6.16 Å². The summed E-state index contributed by atoms with van der Waals surface area (Å²) in [7, 11) is 0. The summed E-state index contributed by atoms with van der Waals surface area (Å²) >= 11 is 5.85. The summed E-state index contributed by atoms with van der Waals surface area (Å²) in [5.41, 5.74) is 2.81. The molecule has 0 fully saturated rings. The molecule has 2 amide bonds. The second-order valence-corrected chi connectivity index (χ2v) is 7.48. The van der Waals surface area contributed by atoms with E-state index in [1.54, 1.807) is 43.3 Å². The summed E-state index contributed by atoms with van der Waals surface area (Å²) in [5.74, 6) is -0.112. The molecule has 0 atom stereocenters. The van der Waals surface area contributed by atoms with Gasteiger partial charge in [-0.15, -0.1) is 0 Å². The molecular formula is C25H23ClN2O5. The van der Waals surface area contributed by atoms with Gasteiger partial charge in [0, 0.05) is 22.8 Å². The van der Waals surface area contributed by atoms with Crippen LogP contribution in [0.1, 0.15) is 28.4 Å². The Morgan fingerprint density at radius 3 is 2.12 bits per heavy atom. The van der Waals surface area contributed by atoms with E-state index in [1.165, 1.54) is 12.1 Å². The fourth-order valence-corrected chi connectivity index (χ4v) is 3.00. The summed E-state index contributed by atoms with van der Waals surface area (Å²) in [6.45, 7) is 2.27. The normalized spacial score (nSPS) is 10.2. The molecule has 0 aliphatic carbocycles. The van der Waals surface area contributed by atoms with Gasteiger partial charge in [-0.1, -0.05) is 35.9 Å². The lowest BCUT2D eigenvalue weighted by molar-refractivity contribution is -0.120. The summed E-state index contributed by atoms with van der Waals surface area (Å²) in [5, 5.41) is 6.30. The van der Waals surface area contributed by atoms with Gasteiger partial charge < -0.3 is 20.1 Å². The third kappa shape index (κ3) is 7.66. The maximum absolute atomic E-state index is 12.4. The molecule has 0 aliphatic heterocycles. The summed E-state index contributed by atoms with van der Waals surface area (Å²) in [4.78, 5) is 35.9. The van der Waals surface area contributed by atoms with E-state index in [1.807, 2.05) is 24.3 Å². The molecule has 0 spiro atoms. The van der Waals surface area contributed by atoms with E-state index in [-0.39, 0.29) is 30.6 Å². The third-order valence-electron chi connectivity index (χ3n) is 4.56. The molecule has 33 heavy (non-hydrogen) atoms. The number of hydrogen-bond donors (Lipinski definition) is 2. The number of carbonyl (C=O) groups excluding carboxylic acids is 3. The maximum atomic E-state index is 12.4. The Bertz CT molecular complexity index is 1100. The lowest BCUT2D eigenvalue weighted by Crippen LogP contribution is -2.24. The van der Waals surface area contributed by atoms with E-state index in [4.69, 9.17) is 21.1 Å². The fourth-order valence-electron chi connectivity index (χ4n) is 2.88. The number of halogens is 1. The average Bonchev–Trinajstić information content (AvgIpc) is 2.81. The molecule has 2 N–H and O–H groups in total. The fraction of sp³-hybridized carbons (Fsp3) is 0.160. The molecule has 170 valence electrons. The molecule has 0 heterocycles. The van der Waals surface area contributed by atoms with Crippen molar-refractivity contribution < 1.29 is 23.9 Å². The topological polar surface area (TPSA) is 93.7 Å². The Morgan fingerprint density at radius 1 is 0.848 bits per heavy atom. The number of nitrogens with one attached hydrogen (secondary N) is 2. The molecule has 7 nitrogen and oxygen atoms in total. The van der Waals surface area contributed by atoms with E-state index < -0.39 is 6.16 Å². The Morgan fingerprint density at radius 2 is 1.48 bits per heavy atom. The van der Waals surface area contributed by atoms with Crippen LogP contribution in [-0.2, 0) is 22.5 Å². The molecule has 0 unspecified atom stereocenters.